The zero-order valence-corrected chi connectivity index (χ0v) is 12.4. The molecule has 1 aliphatic carbocycles. The van der Waals surface area contributed by atoms with Gasteiger partial charge in [0.15, 0.2) is 0 Å². The van der Waals surface area contributed by atoms with E-state index in [2.05, 4.69) is 36.2 Å². The highest BCUT2D eigenvalue weighted by atomic mass is 16.5. The molecule has 19 heavy (non-hydrogen) atoms. The van der Waals surface area contributed by atoms with Crippen LogP contribution >= 0.6 is 0 Å². The van der Waals surface area contributed by atoms with Gasteiger partial charge in [-0.2, -0.15) is 4.98 Å². The third-order valence-corrected chi connectivity index (χ3v) is 3.84. The second-order valence-corrected chi connectivity index (χ2v) is 6.10. The molecule has 0 spiro atoms. The van der Waals surface area contributed by atoms with Gasteiger partial charge in [-0.05, 0) is 31.1 Å². The fourth-order valence-electron chi connectivity index (χ4n) is 2.75. The number of hydrogen-bond acceptors (Lipinski definition) is 5. The molecule has 1 N–H and O–H groups in total. The average Bonchev–Trinajstić information content (AvgIpc) is 2.85. The summed E-state index contributed by atoms with van der Waals surface area (Å²) in [5.41, 5.74) is -0.362. The fourth-order valence-corrected chi connectivity index (χ4v) is 2.75. The van der Waals surface area contributed by atoms with Crippen molar-refractivity contribution in [1.82, 2.24) is 10.1 Å². The summed E-state index contributed by atoms with van der Waals surface area (Å²) in [7, 11) is 1.75. The summed E-state index contributed by atoms with van der Waals surface area (Å²) < 4.78 is 11.0. The Labute approximate surface area is 115 Å². The molecule has 5 nitrogen and oxygen atoms in total. The van der Waals surface area contributed by atoms with Crippen LogP contribution in [0.5, 0.6) is 0 Å². The van der Waals surface area contributed by atoms with E-state index in [4.69, 9.17) is 9.26 Å². The van der Waals surface area contributed by atoms with Gasteiger partial charge in [0.05, 0.1) is 0 Å². The lowest BCUT2D eigenvalue weighted by Gasteiger charge is -2.36. The van der Waals surface area contributed by atoms with Gasteiger partial charge in [-0.3, -0.25) is 0 Å². The van der Waals surface area contributed by atoms with E-state index in [0.717, 1.165) is 25.8 Å². The molecule has 2 atom stereocenters. The van der Waals surface area contributed by atoms with Crippen LogP contribution in [0.3, 0.4) is 0 Å². The summed E-state index contributed by atoms with van der Waals surface area (Å²) in [5.74, 6) is 1.87. The molecule has 0 amide bonds. The van der Waals surface area contributed by atoms with Gasteiger partial charge in [-0.1, -0.05) is 32.3 Å². The lowest BCUT2D eigenvalue weighted by atomic mass is 9.78. The van der Waals surface area contributed by atoms with Crippen LogP contribution in [0, 0.1) is 11.8 Å². The van der Waals surface area contributed by atoms with Gasteiger partial charge >= 0.3 is 6.01 Å². The first-order valence-corrected chi connectivity index (χ1v) is 7.19. The lowest BCUT2D eigenvalue weighted by Crippen LogP contribution is -2.35. The minimum absolute atomic E-state index is 0.362. The summed E-state index contributed by atoms with van der Waals surface area (Å²) in [4.78, 5) is 4.47. The molecule has 0 bridgehead atoms. The van der Waals surface area contributed by atoms with Gasteiger partial charge < -0.3 is 14.6 Å². The summed E-state index contributed by atoms with van der Waals surface area (Å²) in [6, 6.07) is 0.498. The molecule has 1 fully saturated rings. The van der Waals surface area contributed by atoms with E-state index in [1.54, 1.807) is 7.11 Å². The Morgan fingerprint density at radius 1 is 1.53 bits per heavy atom. The number of aromatic nitrogens is 2. The van der Waals surface area contributed by atoms with E-state index in [9.17, 15) is 0 Å². The molecule has 0 saturated heterocycles. The molecule has 1 aromatic rings. The molecule has 2 unspecified atom stereocenters. The molecule has 0 aromatic carbocycles. The highest BCUT2D eigenvalue weighted by Crippen LogP contribution is 2.41. The van der Waals surface area contributed by atoms with Crippen LogP contribution < -0.4 is 5.32 Å². The van der Waals surface area contributed by atoms with E-state index in [0.29, 0.717) is 23.7 Å². The standard InChI is InChI=1S/C14H25N3O2/c1-10(2)9-15-13-16-12(17-19-13)14(18-4)7-5-6-11(3)8-14/h10-11H,5-9H2,1-4H3,(H,15,16,17). The molecular formula is C14H25N3O2. The van der Waals surface area contributed by atoms with Gasteiger partial charge in [0.2, 0.25) is 5.82 Å². The van der Waals surface area contributed by atoms with Crippen molar-refractivity contribution < 1.29 is 9.26 Å². The maximum Gasteiger partial charge on any atom is 0.321 e. The van der Waals surface area contributed by atoms with Crippen molar-refractivity contribution in [3.05, 3.63) is 5.82 Å². The monoisotopic (exact) mass is 267 g/mol. The van der Waals surface area contributed by atoms with Crippen LogP contribution in [-0.2, 0) is 10.3 Å². The van der Waals surface area contributed by atoms with Crippen LogP contribution in [0.15, 0.2) is 4.52 Å². The topological polar surface area (TPSA) is 60.2 Å². The Bertz CT molecular complexity index is 405. The number of hydrogen-bond donors (Lipinski definition) is 1. The van der Waals surface area contributed by atoms with Crippen molar-refractivity contribution >= 4 is 6.01 Å². The van der Waals surface area contributed by atoms with Crippen LogP contribution in [0.25, 0.3) is 0 Å². The second kappa shape index (κ2) is 5.90. The first-order chi connectivity index (χ1) is 9.05. The number of methoxy groups -OCH3 is 1. The van der Waals surface area contributed by atoms with E-state index < -0.39 is 0 Å². The minimum atomic E-state index is -0.362. The quantitative estimate of drug-likeness (QED) is 0.887. The molecule has 2 rings (SSSR count). The van der Waals surface area contributed by atoms with Crippen molar-refractivity contribution in [3.8, 4) is 0 Å². The van der Waals surface area contributed by atoms with Crippen LogP contribution in [-0.4, -0.2) is 23.8 Å². The zero-order valence-electron chi connectivity index (χ0n) is 12.4. The van der Waals surface area contributed by atoms with Gasteiger partial charge in [0.1, 0.15) is 5.60 Å². The van der Waals surface area contributed by atoms with E-state index in [1.165, 1.54) is 6.42 Å². The molecular weight excluding hydrogens is 242 g/mol. The van der Waals surface area contributed by atoms with E-state index in [1.807, 2.05) is 0 Å². The minimum Gasteiger partial charge on any atom is -0.370 e. The summed E-state index contributed by atoms with van der Waals surface area (Å²) >= 11 is 0. The predicted molar refractivity (Wildman–Crippen MR) is 73.9 cm³/mol. The molecule has 5 heteroatoms. The first-order valence-electron chi connectivity index (χ1n) is 7.19. The second-order valence-electron chi connectivity index (χ2n) is 6.10. The van der Waals surface area contributed by atoms with Crippen LogP contribution in [0.2, 0.25) is 0 Å². The molecule has 108 valence electrons. The predicted octanol–water partition coefficient (Wildman–Crippen LogP) is 3.19. The van der Waals surface area contributed by atoms with E-state index >= 15 is 0 Å². The van der Waals surface area contributed by atoms with Gasteiger partial charge in [-0.15, -0.1) is 0 Å². The smallest absolute Gasteiger partial charge is 0.321 e. The summed E-state index contributed by atoms with van der Waals surface area (Å²) in [6.45, 7) is 7.37. The van der Waals surface area contributed by atoms with Crippen molar-refractivity contribution in [2.24, 2.45) is 11.8 Å². The van der Waals surface area contributed by atoms with Gasteiger partial charge in [0.25, 0.3) is 0 Å². The average molecular weight is 267 g/mol. The van der Waals surface area contributed by atoms with Crippen molar-refractivity contribution in [3.63, 3.8) is 0 Å². The SMILES string of the molecule is COC1(c2noc(NCC(C)C)n2)CCCC(C)C1. The Balaban J connectivity index is 2.10. The highest BCUT2D eigenvalue weighted by Gasteiger charge is 2.40. The number of rotatable bonds is 5. The third-order valence-electron chi connectivity index (χ3n) is 3.84. The summed E-state index contributed by atoms with van der Waals surface area (Å²) in [5, 5.41) is 7.28. The Kier molecular flexibility index (Phi) is 4.45. The number of nitrogens with zero attached hydrogens (tertiary/aromatic N) is 2. The van der Waals surface area contributed by atoms with Crippen molar-refractivity contribution in [2.75, 3.05) is 19.0 Å². The molecule has 0 radical (unpaired) electrons. The van der Waals surface area contributed by atoms with Crippen LogP contribution in [0.4, 0.5) is 6.01 Å². The molecule has 1 aromatic heterocycles. The molecule has 1 saturated carbocycles. The normalized spacial score (nSPS) is 27.7. The van der Waals surface area contributed by atoms with Gasteiger partial charge in [-0.25, -0.2) is 0 Å². The van der Waals surface area contributed by atoms with Crippen molar-refractivity contribution in [2.45, 2.75) is 52.1 Å². The Morgan fingerprint density at radius 2 is 2.32 bits per heavy atom. The maximum absolute atomic E-state index is 5.76. The van der Waals surface area contributed by atoms with Crippen LogP contribution in [0.1, 0.15) is 52.3 Å². The number of anilines is 1. The molecule has 0 aliphatic heterocycles. The Morgan fingerprint density at radius 3 is 2.95 bits per heavy atom. The van der Waals surface area contributed by atoms with Crippen molar-refractivity contribution in [1.29, 1.82) is 0 Å². The lowest BCUT2D eigenvalue weighted by molar-refractivity contribution is -0.0658. The zero-order chi connectivity index (χ0) is 13.9. The molecule has 1 aliphatic rings. The fraction of sp³-hybridized carbons (Fsp3) is 0.857. The number of nitrogens with one attached hydrogen (secondary N) is 1. The number of ether oxygens (including phenoxy) is 1. The Hall–Kier alpha value is -1.10. The van der Waals surface area contributed by atoms with E-state index in [-0.39, 0.29) is 5.60 Å². The van der Waals surface area contributed by atoms with Gasteiger partial charge in [0, 0.05) is 13.7 Å². The largest absolute Gasteiger partial charge is 0.370 e. The highest BCUT2D eigenvalue weighted by molar-refractivity contribution is 5.20. The maximum atomic E-state index is 5.76. The summed E-state index contributed by atoms with van der Waals surface area (Å²) in [6.07, 6.45) is 4.34. The molecule has 1 heterocycles. The third kappa shape index (κ3) is 3.26. The first kappa shape index (κ1) is 14.3.